The van der Waals surface area contributed by atoms with E-state index < -0.39 is 17.5 Å². The van der Waals surface area contributed by atoms with E-state index in [2.05, 4.69) is 9.97 Å². The molecule has 6 heteroatoms. The van der Waals surface area contributed by atoms with Gasteiger partial charge in [-0.1, -0.05) is 13.8 Å². The van der Waals surface area contributed by atoms with Crippen molar-refractivity contribution in [1.82, 2.24) is 15.0 Å². The van der Waals surface area contributed by atoms with Crippen molar-refractivity contribution in [3.8, 4) is 11.5 Å². The Morgan fingerprint density at radius 2 is 2.00 bits per heavy atom. The SMILES string of the molecule is CC(C)c1cc2nc(F)c(F)[nH]c-2nc1=O. The molecule has 2 aliphatic heterocycles. The third kappa shape index (κ3) is 1.66. The summed E-state index contributed by atoms with van der Waals surface area (Å²) in [6.45, 7) is 3.63. The minimum atomic E-state index is -1.23. The van der Waals surface area contributed by atoms with Crippen molar-refractivity contribution in [2.75, 3.05) is 0 Å². The molecule has 0 radical (unpaired) electrons. The summed E-state index contributed by atoms with van der Waals surface area (Å²) in [7, 11) is 0. The molecule has 0 bridgehead atoms. The molecule has 84 valence electrons. The summed E-state index contributed by atoms with van der Waals surface area (Å²) < 4.78 is 25.7. The maximum atomic E-state index is 12.9. The third-order valence-corrected chi connectivity index (χ3v) is 2.25. The van der Waals surface area contributed by atoms with Gasteiger partial charge in [0.15, 0.2) is 5.82 Å². The molecule has 2 rings (SSSR count). The van der Waals surface area contributed by atoms with E-state index in [4.69, 9.17) is 0 Å². The predicted molar refractivity (Wildman–Crippen MR) is 53.3 cm³/mol. The van der Waals surface area contributed by atoms with Gasteiger partial charge in [-0.2, -0.15) is 13.8 Å². The molecular weight excluding hydrogens is 216 g/mol. The van der Waals surface area contributed by atoms with Gasteiger partial charge in [0.2, 0.25) is 5.95 Å². The number of fused-ring (bicyclic) bond motifs is 1. The van der Waals surface area contributed by atoms with E-state index in [0.717, 1.165) is 0 Å². The van der Waals surface area contributed by atoms with E-state index in [1.807, 2.05) is 18.8 Å². The van der Waals surface area contributed by atoms with Gasteiger partial charge in [-0.05, 0) is 12.0 Å². The number of halogens is 2. The maximum Gasteiger partial charge on any atom is 0.275 e. The number of hydrogen-bond acceptors (Lipinski definition) is 3. The van der Waals surface area contributed by atoms with Gasteiger partial charge in [0.05, 0.1) is 0 Å². The van der Waals surface area contributed by atoms with Gasteiger partial charge in [0.25, 0.3) is 11.5 Å². The van der Waals surface area contributed by atoms with E-state index in [1.165, 1.54) is 6.07 Å². The van der Waals surface area contributed by atoms with Gasteiger partial charge in [-0.3, -0.25) is 4.79 Å². The van der Waals surface area contributed by atoms with Crippen LogP contribution in [0, 0.1) is 11.9 Å². The Hall–Kier alpha value is -1.85. The van der Waals surface area contributed by atoms with E-state index in [0.29, 0.717) is 5.56 Å². The maximum absolute atomic E-state index is 12.9. The Morgan fingerprint density at radius 1 is 1.31 bits per heavy atom. The lowest BCUT2D eigenvalue weighted by atomic mass is 10.0. The first-order chi connectivity index (χ1) is 7.49. The molecule has 16 heavy (non-hydrogen) atoms. The number of aromatic amines is 1. The number of nitrogens with zero attached hydrogens (tertiary/aromatic N) is 2. The van der Waals surface area contributed by atoms with Crippen molar-refractivity contribution in [1.29, 1.82) is 0 Å². The van der Waals surface area contributed by atoms with Crippen molar-refractivity contribution >= 4 is 0 Å². The minimum absolute atomic E-state index is 0.0423. The smallest absolute Gasteiger partial charge is 0.275 e. The Morgan fingerprint density at radius 3 is 2.62 bits per heavy atom. The first-order valence-electron chi connectivity index (χ1n) is 4.75. The van der Waals surface area contributed by atoms with Crippen LogP contribution in [0.3, 0.4) is 0 Å². The third-order valence-electron chi connectivity index (χ3n) is 2.25. The molecule has 0 aromatic heterocycles. The molecule has 0 fully saturated rings. The number of aromatic nitrogens is 3. The quantitative estimate of drug-likeness (QED) is 0.803. The highest BCUT2D eigenvalue weighted by Gasteiger charge is 2.16. The Bertz CT molecular complexity index is 565. The Labute approximate surface area is 89.7 Å². The molecule has 4 nitrogen and oxygen atoms in total. The summed E-state index contributed by atoms with van der Waals surface area (Å²) in [6, 6.07) is 1.42. The summed E-state index contributed by atoms with van der Waals surface area (Å²) in [5.41, 5.74) is 0.119. The number of H-pyrrole nitrogens is 1. The Balaban J connectivity index is 2.76. The molecule has 0 unspecified atom stereocenters. The van der Waals surface area contributed by atoms with E-state index in [1.54, 1.807) is 0 Å². The molecule has 0 amide bonds. The first-order valence-corrected chi connectivity index (χ1v) is 4.75. The van der Waals surface area contributed by atoms with Gasteiger partial charge < -0.3 is 4.98 Å². The number of nitrogens with one attached hydrogen (secondary N) is 1. The molecule has 2 aliphatic rings. The first kappa shape index (κ1) is 10.7. The van der Waals surface area contributed by atoms with Crippen LogP contribution in [0.25, 0.3) is 11.5 Å². The average molecular weight is 225 g/mol. The highest BCUT2D eigenvalue weighted by molar-refractivity contribution is 5.51. The van der Waals surface area contributed by atoms with Gasteiger partial charge in [-0.15, -0.1) is 0 Å². The number of pyridine rings is 1. The van der Waals surface area contributed by atoms with Gasteiger partial charge in [-0.25, -0.2) is 4.98 Å². The van der Waals surface area contributed by atoms with Crippen LogP contribution in [0.4, 0.5) is 8.78 Å². The largest absolute Gasteiger partial charge is 0.311 e. The number of rotatable bonds is 1. The van der Waals surface area contributed by atoms with Crippen LogP contribution < -0.4 is 5.56 Å². The lowest BCUT2D eigenvalue weighted by Crippen LogP contribution is -2.17. The zero-order valence-electron chi connectivity index (χ0n) is 8.71. The minimum Gasteiger partial charge on any atom is -0.311 e. The zero-order chi connectivity index (χ0) is 11.9. The highest BCUT2D eigenvalue weighted by Crippen LogP contribution is 2.18. The molecule has 0 aromatic rings. The summed E-state index contributed by atoms with van der Waals surface area (Å²) in [4.78, 5) is 20.5. The van der Waals surface area contributed by atoms with E-state index >= 15 is 0 Å². The fourth-order valence-electron chi connectivity index (χ4n) is 1.40. The van der Waals surface area contributed by atoms with Crippen LogP contribution in [-0.2, 0) is 0 Å². The fraction of sp³-hybridized carbons (Fsp3) is 0.300. The second-order valence-electron chi connectivity index (χ2n) is 3.75. The normalized spacial score (nSPS) is 11.3. The van der Waals surface area contributed by atoms with E-state index in [-0.39, 0.29) is 17.4 Å². The summed E-state index contributed by atoms with van der Waals surface area (Å²) in [5, 5.41) is 0. The molecule has 1 N–H and O–H groups in total. The van der Waals surface area contributed by atoms with Crippen molar-refractivity contribution in [3.05, 3.63) is 33.9 Å². The lowest BCUT2D eigenvalue weighted by molar-refractivity contribution is 0.452. The standard InChI is InChI=1S/C10H9F2N3O/c1-4(2)5-3-6-9(15-10(5)16)14-8(12)7(11)13-6/h3-4H,1-2H3,(H,14,15,16). The second kappa shape index (κ2) is 3.62. The molecular formula is C10H9F2N3O. The average Bonchev–Trinajstić information content (AvgIpc) is 2.19. The lowest BCUT2D eigenvalue weighted by Gasteiger charge is -2.08. The van der Waals surface area contributed by atoms with Crippen LogP contribution in [0.15, 0.2) is 10.9 Å². The number of hydrogen-bond donors (Lipinski definition) is 1. The molecule has 0 aromatic carbocycles. The van der Waals surface area contributed by atoms with Crippen molar-refractivity contribution < 1.29 is 8.78 Å². The second-order valence-corrected chi connectivity index (χ2v) is 3.75. The van der Waals surface area contributed by atoms with Crippen molar-refractivity contribution in [2.24, 2.45) is 0 Å². The van der Waals surface area contributed by atoms with Gasteiger partial charge in [0, 0.05) is 5.56 Å². The van der Waals surface area contributed by atoms with Crippen LogP contribution in [0.5, 0.6) is 0 Å². The fourth-order valence-corrected chi connectivity index (χ4v) is 1.40. The monoisotopic (exact) mass is 225 g/mol. The topological polar surface area (TPSA) is 58.6 Å². The molecule has 0 atom stereocenters. The summed E-state index contributed by atoms with van der Waals surface area (Å²) >= 11 is 0. The van der Waals surface area contributed by atoms with Crippen LogP contribution in [0.1, 0.15) is 25.3 Å². The van der Waals surface area contributed by atoms with Crippen molar-refractivity contribution in [3.63, 3.8) is 0 Å². The molecule has 2 heterocycles. The summed E-state index contributed by atoms with van der Waals surface area (Å²) in [5.74, 6) is -2.55. The zero-order valence-corrected chi connectivity index (χ0v) is 8.71. The molecule has 0 spiro atoms. The van der Waals surface area contributed by atoms with Crippen LogP contribution >= 0.6 is 0 Å². The van der Waals surface area contributed by atoms with E-state index in [9.17, 15) is 13.6 Å². The molecule has 0 saturated heterocycles. The molecule has 0 saturated carbocycles. The van der Waals surface area contributed by atoms with Crippen LogP contribution in [0.2, 0.25) is 0 Å². The van der Waals surface area contributed by atoms with Gasteiger partial charge in [0.1, 0.15) is 5.69 Å². The van der Waals surface area contributed by atoms with Crippen LogP contribution in [-0.4, -0.2) is 15.0 Å². The molecule has 0 aliphatic carbocycles. The summed E-state index contributed by atoms with van der Waals surface area (Å²) in [6.07, 6.45) is 0. The van der Waals surface area contributed by atoms with Gasteiger partial charge >= 0.3 is 0 Å². The highest BCUT2D eigenvalue weighted by atomic mass is 19.2. The van der Waals surface area contributed by atoms with Crippen molar-refractivity contribution in [2.45, 2.75) is 19.8 Å². The Kier molecular flexibility index (Phi) is 2.41. The predicted octanol–water partition coefficient (Wildman–Crippen LogP) is 1.67.